The molecule has 0 fully saturated rings. The van der Waals surface area contributed by atoms with E-state index in [9.17, 15) is 9.59 Å². The lowest BCUT2D eigenvalue weighted by Gasteiger charge is -2.02. The van der Waals surface area contributed by atoms with Crippen LogP contribution in [0.1, 0.15) is 17.0 Å². The molecule has 2 aromatic heterocycles. The second-order valence-corrected chi connectivity index (χ2v) is 3.51. The zero-order valence-electron chi connectivity index (χ0n) is 9.33. The molecule has 90 valence electrons. The molecule has 2 aromatic rings. The van der Waals surface area contributed by atoms with Crippen molar-refractivity contribution in [1.29, 1.82) is 0 Å². The smallest absolute Gasteiger partial charge is 0.342 e. The minimum Gasteiger partial charge on any atom is -0.361 e. The maximum absolute atomic E-state index is 11.3. The average molecular weight is 237 g/mol. The van der Waals surface area contributed by atoms with Crippen LogP contribution in [0, 0.1) is 13.8 Å². The maximum Gasteiger partial charge on any atom is 0.342 e. The van der Waals surface area contributed by atoms with Gasteiger partial charge in [0.2, 0.25) is 5.82 Å². The van der Waals surface area contributed by atoms with E-state index >= 15 is 0 Å². The van der Waals surface area contributed by atoms with Crippen LogP contribution in [0.5, 0.6) is 0 Å². The molecule has 0 unspecified atom stereocenters. The number of aryl methyl sites for hydroxylation is 2. The van der Waals surface area contributed by atoms with E-state index in [0.29, 0.717) is 12.3 Å². The van der Waals surface area contributed by atoms with E-state index in [1.165, 1.54) is 0 Å². The van der Waals surface area contributed by atoms with Gasteiger partial charge in [0, 0.05) is 12.1 Å². The lowest BCUT2D eigenvalue weighted by molar-refractivity contribution is 0.392. The molecule has 0 aliphatic heterocycles. The summed E-state index contributed by atoms with van der Waals surface area (Å²) in [6.07, 6.45) is 0. The van der Waals surface area contributed by atoms with Crippen LogP contribution in [-0.4, -0.2) is 20.3 Å². The van der Waals surface area contributed by atoms with E-state index in [1.807, 2.05) is 0 Å². The molecular weight excluding hydrogens is 226 g/mol. The molecule has 0 amide bonds. The van der Waals surface area contributed by atoms with Crippen molar-refractivity contribution in [3.8, 4) is 0 Å². The maximum atomic E-state index is 11.3. The summed E-state index contributed by atoms with van der Waals surface area (Å²) in [5.41, 5.74) is 0.395. The van der Waals surface area contributed by atoms with Crippen LogP contribution in [0.25, 0.3) is 0 Å². The van der Waals surface area contributed by atoms with Crippen molar-refractivity contribution >= 4 is 5.82 Å². The van der Waals surface area contributed by atoms with E-state index in [-0.39, 0.29) is 5.82 Å². The highest BCUT2D eigenvalue weighted by Gasteiger charge is 2.09. The second-order valence-electron chi connectivity index (χ2n) is 3.51. The van der Waals surface area contributed by atoms with Crippen LogP contribution in [0.3, 0.4) is 0 Å². The topological polar surface area (TPSA) is 117 Å². The highest BCUT2D eigenvalue weighted by atomic mass is 16.5. The van der Waals surface area contributed by atoms with Crippen LogP contribution in [0.15, 0.2) is 14.1 Å². The first kappa shape index (κ1) is 11.1. The van der Waals surface area contributed by atoms with Crippen molar-refractivity contribution in [3.05, 3.63) is 37.9 Å². The number of nitrogens with one attached hydrogen (secondary N) is 3. The van der Waals surface area contributed by atoms with Crippen LogP contribution in [-0.2, 0) is 6.54 Å². The number of aromatic nitrogens is 4. The summed E-state index contributed by atoms with van der Waals surface area (Å²) < 4.78 is 4.98. The van der Waals surface area contributed by atoms with E-state index in [0.717, 1.165) is 11.3 Å². The lowest BCUT2D eigenvalue weighted by atomic mass is 10.2. The van der Waals surface area contributed by atoms with E-state index in [2.05, 4.69) is 25.7 Å². The largest absolute Gasteiger partial charge is 0.361 e. The van der Waals surface area contributed by atoms with Crippen molar-refractivity contribution in [2.75, 3.05) is 5.32 Å². The van der Waals surface area contributed by atoms with Crippen molar-refractivity contribution in [1.82, 2.24) is 20.3 Å². The number of aromatic amines is 2. The zero-order valence-corrected chi connectivity index (χ0v) is 9.33. The molecular formula is C9H11N5O3. The van der Waals surface area contributed by atoms with Crippen molar-refractivity contribution in [3.63, 3.8) is 0 Å². The molecule has 0 aromatic carbocycles. The Bertz CT molecular complexity index is 619. The van der Waals surface area contributed by atoms with Gasteiger partial charge in [0.1, 0.15) is 5.76 Å². The number of H-pyrrole nitrogens is 2. The van der Waals surface area contributed by atoms with Gasteiger partial charge in [0.15, 0.2) is 0 Å². The van der Waals surface area contributed by atoms with Crippen molar-refractivity contribution < 1.29 is 4.52 Å². The van der Waals surface area contributed by atoms with Crippen LogP contribution >= 0.6 is 0 Å². The van der Waals surface area contributed by atoms with Crippen molar-refractivity contribution in [2.45, 2.75) is 20.4 Å². The van der Waals surface area contributed by atoms with Crippen molar-refractivity contribution in [2.24, 2.45) is 0 Å². The minimum absolute atomic E-state index is 0.0459. The third kappa shape index (κ3) is 2.25. The predicted molar refractivity (Wildman–Crippen MR) is 58.8 cm³/mol. The Balaban J connectivity index is 2.18. The molecule has 0 saturated carbocycles. The SMILES string of the molecule is Cc1noc(C)c1CNc1n[nH]c(=O)[nH]c1=O. The van der Waals surface area contributed by atoms with Gasteiger partial charge >= 0.3 is 5.69 Å². The Labute approximate surface area is 95.0 Å². The Morgan fingerprint density at radius 1 is 1.35 bits per heavy atom. The molecule has 0 aliphatic rings. The first-order chi connectivity index (χ1) is 8.08. The number of hydrogen-bond donors (Lipinski definition) is 3. The molecule has 2 heterocycles. The fourth-order valence-corrected chi connectivity index (χ4v) is 1.39. The average Bonchev–Trinajstić information content (AvgIpc) is 2.58. The van der Waals surface area contributed by atoms with Gasteiger partial charge in [-0.25, -0.2) is 9.89 Å². The van der Waals surface area contributed by atoms with Gasteiger partial charge in [0.25, 0.3) is 5.56 Å². The fourth-order valence-electron chi connectivity index (χ4n) is 1.39. The van der Waals surface area contributed by atoms with E-state index in [1.54, 1.807) is 13.8 Å². The molecule has 0 saturated heterocycles. The molecule has 8 nitrogen and oxygen atoms in total. The third-order valence-electron chi connectivity index (χ3n) is 2.33. The van der Waals surface area contributed by atoms with Crippen LogP contribution in [0.4, 0.5) is 5.82 Å². The molecule has 0 aliphatic carbocycles. The second kappa shape index (κ2) is 4.24. The minimum atomic E-state index is -0.641. The van der Waals surface area contributed by atoms with Crippen LogP contribution < -0.4 is 16.6 Å². The number of rotatable bonds is 3. The summed E-state index contributed by atoms with van der Waals surface area (Å²) in [5, 5.41) is 12.3. The highest BCUT2D eigenvalue weighted by Crippen LogP contribution is 2.12. The zero-order chi connectivity index (χ0) is 12.4. The van der Waals surface area contributed by atoms with Gasteiger partial charge < -0.3 is 9.84 Å². The number of anilines is 1. The molecule has 0 radical (unpaired) electrons. The Hall–Kier alpha value is -2.38. The summed E-state index contributed by atoms with van der Waals surface area (Å²) in [7, 11) is 0. The monoisotopic (exact) mass is 237 g/mol. The summed E-state index contributed by atoms with van der Waals surface area (Å²) >= 11 is 0. The molecule has 0 spiro atoms. The Morgan fingerprint density at radius 2 is 2.12 bits per heavy atom. The van der Waals surface area contributed by atoms with Crippen LogP contribution in [0.2, 0.25) is 0 Å². The first-order valence-electron chi connectivity index (χ1n) is 4.92. The summed E-state index contributed by atoms with van der Waals surface area (Å²) in [6.45, 7) is 3.93. The Morgan fingerprint density at radius 3 is 2.71 bits per heavy atom. The molecule has 0 bridgehead atoms. The number of nitrogens with zero attached hydrogens (tertiary/aromatic N) is 2. The molecule has 17 heavy (non-hydrogen) atoms. The normalized spacial score (nSPS) is 10.5. The summed E-state index contributed by atoms with van der Waals surface area (Å²) in [6, 6.07) is 0. The highest BCUT2D eigenvalue weighted by molar-refractivity contribution is 5.32. The molecule has 3 N–H and O–H groups in total. The molecule has 2 rings (SSSR count). The van der Waals surface area contributed by atoms with Gasteiger partial charge in [-0.1, -0.05) is 5.16 Å². The fraction of sp³-hybridized carbons (Fsp3) is 0.333. The summed E-state index contributed by atoms with van der Waals surface area (Å²) in [5.74, 6) is 0.723. The number of hydrogen-bond acceptors (Lipinski definition) is 6. The van der Waals surface area contributed by atoms with Gasteiger partial charge in [-0.15, -0.1) is 5.10 Å². The molecule has 0 atom stereocenters. The van der Waals surface area contributed by atoms with Gasteiger partial charge in [-0.3, -0.25) is 9.78 Å². The van der Waals surface area contributed by atoms with E-state index < -0.39 is 11.2 Å². The quantitative estimate of drug-likeness (QED) is 0.673. The predicted octanol–water partition coefficient (Wildman–Crippen LogP) is -0.325. The van der Waals surface area contributed by atoms with Gasteiger partial charge in [-0.2, -0.15) is 0 Å². The first-order valence-corrected chi connectivity index (χ1v) is 4.92. The Kier molecular flexibility index (Phi) is 2.77. The van der Waals surface area contributed by atoms with Gasteiger partial charge in [0.05, 0.1) is 5.69 Å². The summed E-state index contributed by atoms with van der Waals surface area (Å²) in [4.78, 5) is 24.2. The molecule has 8 heteroatoms. The third-order valence-corrected chi connectivity index (χ3v) is 2.33. The standard InChI is InChI=1S/C9H11N5O3/c1-4-6(5(2)17-14-4)3-10-7-8(15)11-9(16)13-12-7/h3H2,1-2H3,(H,10,12)(H2,11,13,15,16). The van der Waals surface area contributed by atoms with Gasteiger partial charge in [-0.05, 0) is 13.8 Å². The van der Waals surface area contributed by atoms with E-state index in [4.69, 9.17) is 4.52 Å². The lowest BCUT2D eigenvalue weighted by Crippen LogP contribution is -2.26.